The Morgan fingerprint density at radius 1 is 1.40 bits per heavy atom. The molecule has 1 aromatic carbocycles. The molecular formula is C16H21N3O. The summed E-state index contributed by atoms with van der Waals surface area (Å²) in [7, 11) is 1.69. The third kappa shape index (κ3) is 2.15. The molecule has 2 heterocycles. The Labute approximate surface area is 119 Å². The van der Waals surface area contributed by atoms with E-state index in [9.17, 15) is 0 Å². The lowest BCUT2D eigenvalue weighted by molar-refractivity contribution is 0.265. The fourth-order valence-electron chi connectivity index (χ4n) is 2.99. The van der Waals surface area contributed by atoms with Gasteiger partial charge in [-0.15, -0.1) is 0 Å². The molecule has 0 radical (unpaired) electrons. The molecule has 1 aliphatic rings. The summed E-state index contributed by atoms with van der Waals surface area (Å²) in [5.41, 5.74) is 10.8. The molecule has 0 fully saturated rings. The molecule has 1 aliphatic heterocycles. The number of likely N-dealkylation sites (N-methyl/N-ethyl adjacent to an activating group) is 1. The minimum atomic E-state index is 0.548. The van der Waals surface area contributed by atoms with Crippen LogP contribution in [0.15, 0.2) is 18.2 Å². The molecule has 0 bridgehead atoms. The van der Waals surface area contributed by atoms with Crippen molar-refractivity contribution >= 4 is 10.9 Å². The van der Waals surface area contributed by atoms with Crippen molar-refractivity contribution in [1.29, 1.82) is 0 Å². The molecule has 0 spiro atoms. The highest BCUT2D eigenvalue weighted by Gasteiger charge is 2.21. The van der Waals surface area contributed by atoms with Gasteiger partial charge in [-0.1, -0.05) is 6.92 Å². The zero-order valence-electron chi connectivity index (χ0n) is 12.1. The maximum Gasteiger partial charge on any atom is 0.119 e. The number of benzene rings is 1. The Morgan fingerprint density at radius 2 is 2.25 bits per heavy atom. The Bertz CT molecular complexity index is 639. The summed E-state index contributed by atoms with van der Waals surface area (Å²) < 4.78 is 5.33. The van der Waals surface area contributed by atoms with Gasteiger partial charge in [-0.25, -0.2) is 0 Å². The van der Waals surface area contributed by atoms with Crippen molar-refractivity contribution in [3.05, 3.63) is 35.0 Å². The largest absolute Gasteiger partial charge is 0.497 e. The normalized spacial score (nSPS) is 15.3. The standard InChI is InChI=1S/C16H21N3O/c1-3-19-7-6-16-14(10-19)13(9-17)12-8-11(20-2)4-5-15(12)18-16/h4-5,8H,3,6-7,9-10,17H2,1-2H3. The zero-order valence-corrected chi connectivity index (χ0v) is 12.1. The Morgan fingerprint density at radius 3 is 2.95 bits per heavy atom. The number of aromatic nitrogens is 1. The van der Waals surface area contributed by atoms with E-state index in [0.29, 0.717) is 6.54 Å². The first-order valence-corrected chi connectivity index (χ1v) is 7.17. The van der Waals surface area contributed by atoms with Gasteiger partial charge >= 0.3 is 0 Å². The highest BCUT2D eigenvalue weighted by molar-refractivity contribution is 5.85. The highest BCUT2D eigenvalue weighted by Crippen LogP contribution is 2.30. The lowest BCUT2D eigenvalue weighted by atomic mass is 9.95. The zero-order chi connectivity index (χ0) is 14.1. The van der Waals surface area contributed by atoms with Crippen molar-refractivity contribution in [1.82, 2.24) is 9.88 Å². The van der Waals surface area contributed by atoms with Crippen LogP contribution in [0.4, 0.5) is 0 Å². The first kappa shape index (κ1) is 13.3. The van der Waals surface area contributed by atoms with Crippen molar-refractivity contribution in [2.24, 2.45) is 5.73 Å². The van der Waals surface area contributed by atoms with E-state index in [1.165, 1.54) is 16.8 Å². The summed E-state index contributed by atoms with van der Waals surface area (Å²) in [5, 5.41) is 1.13. The maximum absolute atomic E-state index is 6.03. The summed E-state index contributed by atoms with van der Waals surface area (Å²) in [4.78, 5) is 7.27. The number of pyridine rings is 1. The summed E-state index contributed by atoms with van der Waals surface area (Å²) in [5.74, 6) is 0.858. The fourth-order valence-corrected chi connectivity index (χ4v) is 2.99. The van der Waals surface area contributed by atoms with Crippen LogP contribution < -0.4 is 10.5 Å². The van der Waals surface area contributed by atoms with Gasteiger partial charge in [-0.3, -0.25) is 9.88 Å². The first-order valence-electron chi connectivity index (χ1n) is 7.17. The molecule has 20 heavy (non-hydrogen) atoms. The second kappa shape index (κ2) is 5.38. The van der Waals surface area contributed by atoms with Crippen LogP contribution in [-0.4, -0.2) is 30.1 Å². The summed E-state index contributed by atoms with van der Waals surface area (Å²) in [6.07, 6.45) is 1.01. The SMILES string of the molecule is CCN1CCc2nc3ccc(OC)cc3c(CN)c2C1. The molecule has 2 aromatic rings. The third-order valence-corrected chi connectivity index (χ3v) is 4.19. The first-order chi connectivity index (χ1) is 9.76. The molecular weight excluding hydrogens is 250 g/mol. The van der Waals surface area contributed by atoms with Gasteiger partial charge in [0.25, 0.3) is 0 Å². The number of ether oxygens (including phenoxy) is 1. The van der Waals surface area contributed by atoms with Gasteiger partial charge in [-0.05, 0) is 35.9 Å². The van der Waals surface area contributed by atoms with Crippen LogP contribution in [0.25, 0.3) is 10.9 Å². The van der Waals surface area contributed by atoms with Crippen LogP contribution in [0.5, 0.6) is 5.75 Å². The quantitative estimate of drug-likeness (QED) is 0.928. The van der Waals surface area contributed by atoms with Crippen LogP contribution in [0.3, 0.4) is 0 Å². The molecule has 1 aromatic heterocycles. The second-order valence-electron chi connectivity index (χ2n) is 5.22. The van der Waals surface area contributed by atoms with E-state index in [1.807, 2.05) is 12.1 Å². The van der Waals surface area contributed by atoms with E-state index < -0.39 is 0 Å². The van der Waals surface area contributed by atoms with Gasteiger partial charge in [0, 0.05) is 37.1 Å². The fraction of sp³-hybridized carbons (Fsp3) is 0.438. The van der Waals surface area contributed by atoms with Crippen LogP contribution >= 0.6 is 0 Å². The number of nitrogens with zero attached hydrogens (tertiary/aromatic N) is 2. The molecule has 0 unspecified atom stereocenters. The van der Waals surface area contributed by atoms with E-state index in [1.54, 1.807) is 7.11 Å². The van der Waals surface area contributed by atoms with Gasteiger partial charge in [0.1, 0.15) is 5.75 Å². The van der Waals surface area contributed by atoms with E-state index in [4.69, 9.17) is 15.5 Å². The summed E-state index contributed by atoms with van der Waals surface area (Å²) >= 11 is 0. The topological polar surface area (TPSA) is 51.4 Å². The third-order valence-electron chi connectivity index (χ3n) is 4.19. The predicted octanol–water partition coefficient (Wildman–Crippen LogP) is 2.08. The molecule has 0 amide bonds. The number of methoxy groups -OCH3 is 1. The molecule has 4 heteroatoms. The molecule has 0 saturated heterocycles. The highest BCUT2D eigenvalue weighted by atomic mass is 16.5. The Hall–Kier alpha value is -1.65. The van der Waals surface area contributed by atoms with Gasteiger partial charge in [0.2, 0.25) is 0 Å². The Balaban J connectivity index is 2.21. The van der Waals surface area contributed by atoms with Crippen molar-refractivity contribution in [2.45, 2.75) is 26.4 Å². The lowest BCUT2D eigenvalue weighted by Crippen LogP contribution is -2.32. The molecule has 0 atom stereocenters. The minimum Gasteiger partial charge on any atom is -0.497 e. The average molecular weight is 271 g/mol. The molecule has 4 nitrogen and oxygen atoms in total. The van der Waals surface area contributed by atoms with Crippen LogP contribution in [0.2, 0.25) is 0 Å². The number of hydrogen-bond acceptors (Lipinski definition) is 4. The number of rotatable bonds is 3. The number of hydrogen-bond donors (Lipinski definition) is 1. The van der Waals surface area contributed by atoms with E-state index in [0.717, 1.165) is 42.7 Å². The lowest BCUT2D eigenvalue weighted by Gasteiger charge is -2.29. The van der Waals surface area contributed by atoms with Crippen molar-refractivity contribution in [3.63, 3.8) is 0 Å². The summed E-state index contributed by atoms with van der Waals surface area (Å²) in [6, 6.07) is 6.04. The number of fused-ring (bicyclic) bond motifs is 2. The molecule has 106 valence electrons. The van der Waals surface area contributed by atoms with Crippen molar-refractivity contribution in [3.8, 4) is 5.75 Å². The van der Waals surface area contributed by atoms with Crippen LogP contribution in [-0.2, 0) is 19.5 Å². The van der Waals surface area contributed by atoms with E-state index in [-0.39, 0.29) is 0 Å². The molecule has 0 saturated carbocycles. The van der Waals surface area contributed by atoms with Crippen LogP contribution in [0.1, 0.15) is 23.7 Å². The van der Waals surface area contributed by atoms with Gasteiger partial charge in [0.15, 0.2) is 0 Å². The number of nitrogens with two attached hydrogens (primary N) is 1. The maximum atomic E-state index is 6.03. The molecule has 2 N–H and O–H groups in total. The van der Waals surface area contributed by atoms with E-state index in [2.05, 4.69) is 17.9 Å². The minimum absolute atomic E-state index is 0.548. The van der Waals surface area contributed by atoms with Crippen molar-refractivity contribution < 1.29 is 4.74 Å². The monoisotopic (exact) mass is 271 g/mol. The second-order valence-corrected chi connectivity index (χ2v) is 5.22. The Kier molecular flexibility index (Phi) is 3.59. The van der Waals surface area contributed by atoms with E-state index >= 15 is 0 Å². The summed E-state index contributed by atoms with van der Waals surface area (Å²) in [6.45, 7) is 5.86. The van der Waals surface area contributed by atoms with Gasteiger partial charge < -0.3 is 10.5 Å². The van der Waals surface area contributed by atoms with Crippen molar-refractivity contribution in [2.75, 3.05) is 20.2 Å². The molecule has 0 aliphatic carbocycles. The smallest absolute Gasteiger partial charge is 0.119 e. The van der Waals surface area contributed by atoms with Gasteiger partial charge in [-0.2, -0.15) is 0 Å². The van der Waals surface area contributed by atoms with Crippen LogP contribution in [0, 0.1) is 0 Å². The predicted molar refractivity (Wildman–Crippen MR) is 80.8 cm³/mol. The molecule has 3 rings (SSSR count). The van der Waals surface area contributed by atoms with Gasteiger partial charge in [0.05, 0.1) is 12.6 Å². The average Bonchev–Trinajstić information content (AvgIpc) is 2.51.